The summed E-state index contributed by atoms with van der Waals surface area (Å²) in [6, 6.07) is 0. The molecule has 0 aromatic carbocycles. The van der Waals surface area contributed by atoms with Gasteiger partial charge in [0.15, 0.2) is 0 Å². The lowest BCUT2D eigenvalue weighted by Gasteiger charge is -2.29. The number of nitrogens with zero attached hydrogens (tertiary/aromatic N) is 1. The van der Waals surface area contributed by atoms with E-state index in [4.69, 9.17) is 5.11 Å². The van der Waals surface area contributed by atoms with Crippen LogP contribution in [0.1, 0.15) is 34.1 Å². The molecule has 15 heavy (non-hydrogen) atoms. The van der Waals surface area contributed by atoms with Gasteiger partial charge in [0.1, 0.15) is 0 Å². The van der Waals surface area contributed by atoms with Gasteiger partial charge in [-0.25, -0.2) is 0 Å². The van der Waals surface area contributed by atoms with Crippen LogP contribution in [0.4, 0.5) is 0 Å². The Morgan fingerprint density at radius 3 is 2.20 bits per heavy atom. The van der Waals surface area contributed by atoms with Gasteiger partial charge < -0.3 is 10.0 Å². The zero-order chi connectivity index (χ0) is 11.4. The molecule has 0 radical (unpaired) electrons. The Morgan fingerprint density at radius 2 is 1.80 bits per heavy atom. The van der Waals surface area contributed by atoms with Crippen molar-refractivity contribution < 1.29 is 5.11 Å². The molecule has 2 nitrogen and oxygen atoms in total. The summed E-state index contributed by atoms with van der Waals surface area (Å²) in [6.45, 7) is 13.2. The zero-order valence-electron chi connectivity index (χ0n) is 10.7. The second-order valence-corrected chi connectivity index (χ2v) is 5.75. The van der Waals surface area contributed by atoms with Crippen LogP contribution in [0.5, 0.6) is 0 Å². The average molecular weight is 213 g/mol. The maximum Gasteiger partial charge on any atom is 0.0471 e. The van der Waals surface area contributed by atoms with Gasteiger partial charge in [-0.1, -0.05) is 27.7 Å². The SMILES string of the molecule is CC(C)C(CN1CCC(CO)C1)C(C)C. The monoisotopic (exact) mass is 213 g/mol. The van der Waals surface area contributed by atoms with E-state index >= 15 is 0 Å². The maximum atomic E-state index is 9.11. The van der Waals surface area contributed by atoms with Crippen molar-refractivity contribution in [3.8, 4) is 0 Å². The van der Waals surface area contributed by atoms with E-state index in [0.717, 1.165) is 24.3 Å². The second kappa shape index (κ2) is 5.86. The highest BCUT2D eigenvalue weighted by Crippen LogP contribution is 2.24. The summed E-state index contributed by atoms with van der Waals surface area (Å²) >= 11 is 0. The molecule has 0 saturated carbocycles. The van der Waals surface area contributed by atoms with Crippen molar-refractivity contribution in [1.82, 2.24) is 4.90 Å². The Kier molecular flexibility index (Phi) is 5.07. The molecule has 0 bridgehead atoms. The number of aliphatic hydroxyl groups is 1. The minimum absolute atomic E-state index is 0.366. The van der Waals surface area contributed by atoms with E-state index in [0.29, 0.717) is 12.5 Å². The van der Waals surface area contributed by atoms with E-state index in [1.54, 1.807) is 0 Å². The van der Waals surface area contributed by atoms with Crippen molar-refractivity contribution >= 4 is 0 Å². The number of likely N-dealkylation sites (tertiary alicyclic amines) is 1. The number of rotatable bonds is 5. The third-order valence-electron chi connectivity index (χ3n) is 3.81. The van der Waals surface area contributed by atoms with Gasteiger partial charge in [0.05, 0.1) is 0 Å². The first-order valence-electron chi connectivity index (χ1n) is 6.37. The fourth-order valence-corrected chi connectivity index (χ4v) is 2.72. The van der Waals surface area contributed by atoms with Gasteiger partial charge in [0.25, 0.3) is 0 Å². The molecule has 1 N–H and O–H groups in total. The quantitative estimate of drug-likeness (QED) is 0.757. The first-order chi connectivity index (χ1) is 7.04. The van der Waals surface area contributed by atoms with Gasteiger partial charge in [-0.05, 0) is 36.6 Å². The van der Waals surface area contributed by atoms with E-state index in [2.05, 4.69) is 32.6 Å². The third kappa shape index (κ3) is 3.76. The lowest BCUT2D eigenvalue weighted by molar-refractivity contribution is 0.174. The lowest BCUT2D eigenvalue weighted by Crippen LogP contribution is -2.33. The molecule has 0 aromatic heterocycles. The Balaban J connectivity index is 2.39. The Labute approximate surface area is 94.7 Å². The molecular weight excluding hydrogens is 186 g/mol. The largest absolute Gasteiger partial charge is 0.396 e. The predicted molar refractivity (Wildman–Crippen MR) is 64.8 cm³/mol. The molecular formula is C13H27NO. The van der Waals surface area contributed by atoms with Gasteiger partial charge in [-0.3, -0.25) is 0 Å². The van der Waals surface area contributed by atoms with Crippen molar-refractivity contribution in [2.24, 2.45) is 23.7 Å². The highest BCUT2D eigenvalue weighted by Gasteiger charge is 2.26. The van der Waals surface area contributed by atoms with Crippen molar-refractivity contribution in [1.29, 1.82) is 0 Å². The highest BCUT2D eigenvalue weighted by atomic mass is 16.3. The summed E-state index contributed by atoms with van der Waals surface area (Å²) in [6.07, 6.45) is 1.18. The van der Waals surface area contributed by atoms with Crippen LogP contribution in [0.2, 0.25) is 0 Å². The van der Waals surface area contributed by atoms with Crippen molar-refractivity contribution in [3.05, 3.63) is 0 Å². The first-order valence-corrected chi connectivity index (χ1v) is 6.37. The molecule has 1 atom stereocenters. The fourth-order valence-electron chi connectivity index (χ4n) is 2.72. The fraction of sp³-hybridized carbons (Fsp3) is 1.00. The van der Waals surface area contributed by atoms with Crippen molar-refractivity contribution in [2.75, 3.05) is 26.2 Å². The van der Waals surface area contributed by atoms with Gasteiger partial charge in [-0.2, -0.15) is 0 Å². The summed E-state index contributed by atoms with van der Waals surface area (Å²) in [5.74, 6) is 2.85. The molecule has 1 saturated heterocycles. The number of hydrogen-bond acceptors (Lipinski definition) is 2. The van der Waals surface area contributed by atoms with E-state index in [-0.39, 0.29) is 0 Å². The minimum atomic E-state index is 0.366. The molecule has 1 unspecified atom stereocenters. The average Bonchev–Trinajstić information content (AvgIpc) is 2.60. The smallest absolute Gasteiger partial charge is 0.0471 e. The van der Waals surface area contributed by atoms with Crippen LogP contribution in [0.15, 0.2) is 0 Å². The molecule has 0 aromatic rings. The summed E-state index contributed by atoms with van der Waals surface area (Å²) in [4.78, 5) is 2.53. The predicted octanol–water partition coefficient (Wildman–Crippen LogP) is 2.23. The van der Waals surface area contributed by atoms with Gasteiger partial charge in [0.2, 0.25) is 0 Å². The van der Waals surface area contributed by atoms with Gasteiger partial charge in [-0.15, -0.1) is 0 Å². The molecule has 1 fully saturated rings. The van der Waals surface area contributed by atoms with E-state index in [1.165, 1.54) is 19.5 Å². The highest BCUT2D eigenvalue weighted by molar-refractivity contribution is 4.79. The first kappa shape index (κ1) is 13.0. The molecule has 0 amide bonds. The Morgan fingerprint density at radius 1 is 1.20 bits per heavy atom. The number of aliphatic hydroxyl groups excluding tert-OH is 1. The Hall–Kier alpha value is -0.0800. The van der Waals surface area contributed by atoms with Crippen LogP contribution < -0.4 is 0 Å². The minimum Gasteiger partial charge on any atom is -0.396 e. The van der Waals surface area contributed by atoms with Crippen LogP contribution >= 0.6 is 0 Å². The van der Waals surface area contributed by atoms with Crippen molar-refractivity contribution in [2.45, 2.75) is 34.1 Å². The molecule has 1 aliphatic rings. The molecule has 1 aliphatic heterocycles. The molecule has 0 aliphatic carbocycles. The summed E-state index contributed by atoms with van der Waals surface area (Å²) < 4.78 is 0. The number of hydrogen-bond donors (Lipinski definition) is 1. The Bertz CT molecular complexity index is 171. The second-order valence-electron chi connectivity index (χ2n) is 5.75. The van der Waals surface area contributed by atoms with Crippen LogP contribution in [-0.4, -0.2) is 36.2 Å². The van der Waals surface area contributed by atoms with Gasteiger partial charge >= 0.3 is 0 Å². The van der Waals surface area contributed by atoms with E-state index in [9.17, 15) is 0 Å². The van der Waals surface area contributed by atoms with Gasteiger partial charge in [0, 0.05) is 19.7 Å². The molecule has 1 rings (SSSR count). The summed E-state index contributed by atoms with van der Waals surface area (Å²) in [7, 11) is 0. The standard InChI is InChI=1S/C13H27NO/c1-10(2)13(11(3)4)8-14-6-5-12(7-14)9-15/h10-13,15H,5-9H2,1-4H3. The lowest BCUT2D eigenvalue weighted by atomic mass is 9.85. The van der Waals surface area contributed by atoms with Crippen molar-refractivity contribution in [3.63, 3.8) is 0 Å². The van der Waals surface area contributed by atoms with Crippen LogP contribution in [-0.2, 0) is 0 Å². The topological polar surface area (TPSA) is 23.5 Å². The van der Waals surface area contributed by atoms with Crippen LogP contribution in [0.3, 0.4) is 0 Å². The van der Waals surface area contributed by atoms with E-state index in [1.807, 2.05) is 0 Å². The third-order valence-corrected chi connectivity index (χ3v) is 3.81. The zero-order valence-corrected chi connectivity index (χ0v) is 10.7. The van der Waals surface area contributed by atoms with E-state index < -0.39 is 0 Å². The van der Waals surface area contributed by atoms with Crippen LogP contribution in [0.25, 0.3) is 0 Å². The maximum absolute atomic E-state index is 9.11. The van der Waals surface area contributed by atoms with Crippen LogP contribution in [0, 0.1) is 23.7 Å². The molecule has 90 valence electrons. The summed E-state index contributed by atoms with van der Waals surface area (Å²) in [5.41, 5.74) is 0. The normalized spacial score (nSPS) is 23.6. The summed E-state index contributed by atoms with van der Waals surface area (Å²) in [5, 5.41) is 9.11. The molecule has 2 heteroatoms. The molecule has 0 spiro atoms. The molecule has 1 heterocycles.